The summed E-state index contributed by atoms with van der Waals surface area (Å²) in [5, 5.41) is 17.3. The smallest absolute Gasteiger partial charge is 0.254 e. The lowest BCUT2D eigenvalue weighted by Crippen LogP contribution is -2.48. The summed E-state index contributed by atoms with van der Waals surface area (Å²) >= 11 is 0. The molecule has 0 aliphatic heterocycles. The lowest BCUT2D eigenvalue weighted by Gasteiger charge is -2.34. The second-order valence-electron chi connectivity index (χ2n) is 12.1. The first-order chi connectivity index (χ1) is 21.7. The zero-order valence-electron chi connectivity index (χ0n) is 26.3. The molecule has 8 heteroatoms. The van der Waals surface area contributed by atoms with Gasteiger partial charge >= 0.3 is 0 Å². The molecule has 0 spiro atoms. The number of hydrogen-bond donors (Lipinski definition) is 3. The van der Waals surface area contributed by atoms with Crippen LogP contribution in [-0.2, 0) is 19.4 Å². The number of carbonyl (C=O) groups excluding carboxylic acids is 2. The number of aliphatic hydroxyl groups is 1. The number of aliphatic hydroxyl groups excluding tert-OH is 1. The van der Waals surface area contributed by atoms with E-state index in [0.717, 1.165) is 55.7 Å². The molecule has 45 heavy (non-hydrogen) atoms. The first-order valence-corrected chi connectivity index (χ1v) is 15.9. The molecule has 1 aliphatic rings. The predicted molar refractivity (Wildman–Crippen MR) is 174 cm³/mol. The lowest BCUT2D eigenvalue weighted by atomic mass is 9.93. The van der Waals surface area contributed by atoms with Crippen LogP contribution in [0, 0.1) is 18.6 Å². The van der Waals surface area contributed by atoms with Crippen LogP contribution < -0.4 is 10.6 Å². The van der Waals surface area contributed by atoms with Gasteiger partial charge in [0.2, 0.25) is 0 Å². The molecule has 3 N–H and O–H groups in total. The fourth-order valence-electron chi connectivity index (χ4n) is 6.12. The second kappa shape index (κ2) is 16.4. The van der Waals surface area contributed by atoms with Gasteiger partial charge < -0.3 is 20.6 Å². The summed E-state index contributed by atoms with van der Waals surface area (Å²) in [5.74, 6) is -2.11. The van der Waals surface area contributed by atoms with Gasteiger partial charge in [0, 0.05) is 42.9 Å². The van der Waals surface area contributed by atoms with Crippen LogP contribution in [0.25, 0.3) is 0 Å². The van der Waals surface area contributed by atoms with Crippen LogP contribution in [0.4, 0.5) is 8.78 Å². The average molecular weight is 618 g/mol. The molecule has 0 radical (unpaired) electrons. The van der Waals surface area contributed by atoms with Gasteiger partial charge in [0.15, 0.2) is 0 Å². The first kappa shape index (κ1) is 34.0. The Balaban J connectivity index is 1.52. The number of rotatable bonds is 14. The summed E-state index contributed by atoms with van der Waals surface area (Å²) in [6, 6.07) is 15.6. The molecule has 2 amide bonds. The van der Waals surface area contributed by atoms with Crippen LogP contribution in [0.3, 0.4) is 0 Å². The van der Waals surface area contributed by atoms with E-state index in [9.17, 15) is 23.5 Å². The van der Waals surface area contributed by atoms with E-state index in [1.807, 2.05) is 24.0 Å². The maximum Gasteiger partial charge on any atom is 0.254 e. The molecular weight excluding hydrogens is 572 g/mol. The Hall–Kier alpha value is -3.88. The number of hydrogen-bond acceptors (Lipinski definition) is 4. The van der Waals surface area contributed by atoms with Gasteiger partial charge in [-0.05, 0) is 85.2 Å². The molecule has 0 bridgehead atoms. The van der Waals surface area contributed by atoms with Crippen molar-refractivity contribution in [1.82, 2.24) is 15.5 Å². The highest BCUT2D eigenvalue weighted by Gasteiger charge is 2.27. The van der Waals surface area contributed by atoms with E-state index in [-0.39, 0.29) is 30.5 Å². The monoisotopic (exact) mass is 617 g/mol. The summed E-state index contributed by atoms with van der Waals surface area (Å²) in [6.07, 6.45) is 6.76. The Morgan fingerprint density at radius 2 is 1.67 bits per heavy atom. The van der Waals surface area contributed by atoms with Crippen molar-refractivity contribution < 1.29 is 23.5 Å². The summed E-state index contributed by atoms with van der Waals surface area (Å²) < 4.78 is 28.1. The van der Waals surface area contributed by atoms with Gasteiger partial charge in [-0.3, -0.25) is 9.59 Å². The molecule has 240 valence electrons. The van der Waals surface area contributed by atoms with Crippen molar-refractivity contribution in [2.45, 2.75) is 83.5 Å². The third-order valence-corrected chi connectivity index (χ3v) is 8.43. The molecule has 0 aromatic heterocycles. The van der Waals surface area contributed by atoms with Gasteiger partial charge in [-0.1, -0.05) is 56.5 Å². The van der Waals surface area contributed by atoms with E-state index >= 15 is 0 Å². The van der Waals surface area contributed by atoms with Crippen LogP contribution in [0.15, 0.2) is 73.3 Å². The van der Waals surface area contributed by atoms with Crippen molar-refractivity contribution >= 4 is 11.8 Å². The maximum absolute atomic E-state index is 14.0. The number of amides is 2. The summed E-state index contributed by atoms with van der Waals surface area (Å²) in [7, 11) is 0. The first-order valence-electron chi connectivity index (χ1n) is 15.9. The molecule has 4 rings (SSSR count). The van der Waals surface area contributed by atoms with Crippen molar-refractivity contribution in [3.8, 4) is 0 Å². The highest BCUT2D eigenvalue weighted by Crippen LogP contribution is 2.25. The van der Waals surface area contributed by atoms with E-state index in [4.69, 9.17) is 0 Å². The SMILES string of the molecule is C=CCN(C(=O)c1cc(C)cc(C(=O)N[C@@H](Cc2cc(F)cc(F)c2)[C@H](O)CNCc2cccc(CC)c2)c1)C1CCCCC1. The van der Waals surface area contributed by atoms with Crippen LogP contribution in [-0.4, -0.2) is 53.1 Å². The molecule has 0 unspecified atom stereocenters. The quantitative estimate of drug-likeness (QED) is 0.186. The second-order valence-corrected chi connectivity index (χ2v) is 12.1. The van der Waals surface area contributed by atoms with Gasteiger partial charge in [0.25, 0.3) is 11.8 Å². The number of halogens is 2. The van der Waals surface area contributed by atoms with E-state index in [2.05, 4.69) is 36.3 Å². The lowest BCUT2D eigenvalue weighted by molar-refractivity contribution is 0.0663. The fourth-order valence-corrected chi connectivity index (χ4v) is 6.12. The predicted octanol–water partition coefficient (Wildman–Crippen LogP) is 6.29. The van der Waals surface area contributed by atoms with Crippen LogP contribution >= 0.6 is 0 Å². The van der Waals surface area contributed by atoms with Gasteiger partial charge in [-0.15, -0.1) is 6.58 Å². The third-order valence-electron chi connectivity index (χ3n) is 8.43. The highest BCUT2D eigenvalue weighted by atomic mass is 19.1. The molecular formula is C37H45F2N3O3. The van der Waals surface area contributed by atoms with Crippen LogP contribution in [0.1, 0.15) is 82.0 Å². The maximum atomic E-state index is 14.0. The van der Waals surface area contributed by atoms with Crippen LogP contribution in [0.5, 0.6) is 0 Å². The minimum Gasteiger partial charge on any atom is -0.390 e. The molecule has 1 aliphatic carbocycles. The van der Waals surface area contributed by atoms with Crippen molar-refractivity contribution in [2.75, 3.05) is 13.1 Å². The Morgan fingerprint density at radius 1 is 0.978 bits per heavy atom. The Bertz CT molecular complexity index is 1450. The van der Waals surface area contributed by atoms with Gasteiger partial charge in [0.05, 0.1) is 12.1 Å². The Kier molecular flexibility index (Phi) is 12.4. The standard InChI is InChI=1S/C37H45F2N3O3/c1-4-14-42(33-12-7-6-8-13-33)37(45)30-16-25(3)15-29(21-30)36(44)41-34(20-28-18-31(38)22-32(39)19-28)35(43)24-40-23-27-11-9-10-26(5-2)17-27/h4,9-11,15-19,21-22,33-35,40,43H,1,5-8,12-14,20,23-24H2,2-3H3,(H,41,44)/t34-,35+/m0/s1. The third kappa shape index (κ3) is 9.80. The van der Waals surface area contributed by atoms with Crippen molar-refractivity contribution in [3.63, 3.8) is 0 Å². The highest BCUT2D eigenvalue weighted by molar-refractivity contribution is 6.00. The molecule has 0 saturated heterocycles. The van der Waals surface area contributed by atoms with Crippen LogP contribution in [0.2, 0.25) is 0 Å². The van der Waals surface area contributed by atoms with Crippen molar-refractivity contribution in [1.29, 1.82) is 0 Å². The van der Waals surface area contributed by atoms with Gasteiger partial charge in [-0.2, -0.15) is 0 Å². The molecule has 1 saturated carbocycles. The van der Waals surface area contributed by atoms with Gasteiger partial charge in [0.1, 0.15) is 11.6 Å². The number of benzene rings is 3. The number of carbonyl (C=O) groups is 2. The van der Waals surface area contributed by atoms with E-state index in [1.165, 1.54) is 17.7 Å². The van der Waals surface area contributed by atoms with E-state index in [1.54, 1.807) is 24.3 Å². The molecule has 6 nitrogen and oxygen atoms in total. The molecule has 3 aromatic carbocycles. The van der Waals surface area contributed by atoms with Crippen molar-refractivity contribution in [3.05, 3.63) is 118 Å². The minimum atomic E-state index is -1.07. The molecule has 2 atom stereocenters. The summed E-state index contributed by atoms with van der Waals surface area (Å²) in [4.78, 5) is 29.2. The molecule has 1 fully saturated rings. The zero-order valence-corrected chi connectivity index (χ0v) is 26.3. The average Bonchev–Trinajstić information content (AvgIpc) is 3.02. The topological polar surface area (TPSA) is 81.7 Å². The Morgan fingerprint density at radius 3 is 2.36 bits per heavy atom. The largest absolute Gasteiger partial charge is 0.390 e. The Labute approximate surface area is 265 Å². The fraction of sp³-hybridized carbons (Fsp3) is 0.405. The van der Waals surface area contributed by atoms with Crippen molar-refractivity contribution in [2.24, 2.45) is 0 Å². The summed E-state index contributed by atoms with van der Waals surface area (Å²) in [6.45, 7) is 8.81. The normalized spacial score (nSPS) is 14.9. The zero-order chi connectivity index (χ0) is 32.3. The summed E-state index contributed by atoms with van der Waals surface area (Å²) in [5.41, 5.74) is 3.99. The number of nitrogens with zero attached hydrogens (tertiary/aromatic N) is 1. The van der Waals surface area contributed by atoms with Gasteiger partial charge in [-0.25, -0.2) is 8.78 Å². The number of nitrogens with one attached hydrogen (secondary N) is 2. The number of aryl methyl sites for hydroxylation is 2. The molecule has 0 heterocycles. The van der Waals surface area contributed by atoms with E-state index < -0.39 is 29.7 Å². The van der Waals surface area contributed by atoms with E-state index in [0.29, 0.717) is 24.2 Å². The molecule has 3 aromatic rings. The minimum absolute atomic E-state index is 0.000975.